The van der Waals surface area contributed by atoms with Crippen LogP contribution < -0.4 is 19.4 Å². The van der Waals surface area contributed by atoms with Gasteiger partial charge >= 0.3 is 0 Å². The Morgan fingerprint density at radius 3 is 2.08 bits per heavy atom. The van der Waals surface area contributed by atoms with Gasteiger partial charge in [0.2, 0.25) is 11.8 Å². The van der Waals surface area contributed by atoms with E-state index < -0.39 is 29.6 Å². The van der Waals surface area contributed by atoms with E-state index in [0.29, 0.717) is 62.4 Å². The number of hydrogen-bond acceptors (Lipinski definition) is 7. The minimum Gasteiger partial charge on any atom is -0.494 e. The van der Waals surface area contributed by atoms with Gasteiger partial charge in [0.25, 0.3) is 5.91 Å². The lowest BCUT2D eigenvalue weighted by Crippen LogP contribution is -2.56. The highest BCUT2D eigenvalue weighted by atomic mass is 16.5. The predicted molar refractivity (Wildman–Crippen MR) is 193 cm³/mol. The topological polar surface area (TPSA) is 103 Å². The maximum atomic E-state index is 14.9. The summed E-state index contributed by atoms with van der Waals surface area (Å²) in [4.78, 5) is 51.3. The van der Waals surface area contributed by atoms with Crippen LogP contribution in [0.15, 0.2) is 73.8 Å². The summed E-state index contributed by atoms with van der Waals surface area (Å²) in [5.74, 6) is -1.50. The van der Waals surface area contributed by atoms with Crippen molar-refractivity contribution in [2.75, 3.05) is 60.6 Å². The van der Waals surface area contributed by atoms with Crippen LogP contribution in [0.3, 0.4) is 0 Å². The maximum absolute atomic E-state index is 14.9. The van der Waals surface area contributed by atoms with E-state index in [1.165, 1.54) is 0 Å². The fourth-order valence-corrected chi connectivity index (χ4v) is 8.08. The van der Waals surface area contributed by atoms with Crippen LogP contribution in [0.1, 0.15) is 52.9 Å². The third kappa shape index (κ3) is 6.85. The monoisotopic (exact) mass is 672 g/mol. The quantitative estimate of drug-likeness (QED) is 0.172. The third-order valence-corrected chi connectivity index (χ3v) is 10.3. The highest BCUT2D eigenvalue weighted by molar-refractivity contribution is 6.06. The van der Waals surface area contributed by atoms with Gasteiger partial charge in [-0.1, -0.05) is 12.2 Å². The van der Waals surface area contributed by atoms with Crippen molar-refractivity contribution in [1.29, 1.82) is 0 Å². The minimum atomic E-state index is -1.13. The number of nitrogens with zero attached hydrogens (tertiary/aromatic N) is 4. The first-order valence-corrected chi connectivity index (χ1v) is 17.8. The number of ether oxygens (including phenoxy) is 2. The molecule has 5 atom stereocenters. The van der Waals surface area contributed by atoms with Gasteiger partial charge in [-0.25, -0.2) is 0 Å². The Balaban J connectivity index is 1.50. The zero-order valence-corrected chi connectivity index (χ0v) is 29.3. The molecule has 1 N–H and O–H groups in total. The number of benzene rings is 2. The summed E-state index contributed by atoms with van der Waals surface area (Å²) >= 11 is 0. The second kappa shape index (κ2) is 16.0. The van der Waals surface area contributed by atoms with Crippen LogP contribution in [0.5, 0.6) is 5.75 Å². The van der Waals surface area contributed by atoms with E-state index in [-0.39, 0.29) is 37.4 Å². The van der Waals surface area contributed by atoms with Gasteiger partial charge in [-0.15, -0.1) is 13.2 Å². The fraction of sp³-hybridized carbons (Fsp3) is 0.513. The van der Waals surface area contributed by atoms with E-state index in [4.69, 9.17) is 9.47 Å². The molecule has 1 spiro atoms. The Morgan fingerprint density at radius 2 is 1.51 bits per heavy atom. The molecule has 2 aromatic rings. The van der Waals surface area contributed by atoms with Crippen LogP contribution >= 0.6 is 0 Å². The van der Waals surface area contributed by atoms with E-state index in [2.05, 4.69) is 31.9 Å². The van der Waals surface area contributed by atoms with E-state index in [1.807, 2.05) is 55.5 Å². The smallest absolute Gasteiger partial charge is 0.253 e. The van der Waals surface area contributed by atoms with Gasteiger partial charge in [-0.2, -0.15) is 0 Å². The van der Waals surface area contributed by atoms with Gasteiger partial charge in [-0.05, 0) is 101 Å². The number of anilines is 3. The molecule has 0 aromatic heterocycles. The number of fused-ring (bicyclic) bond motifs is 1. The SMILES string of the molecule is C=CCN(C(=O)C1N(CCCCCO)C(=O)[C@@H]2[C@@H](C(=O)N(CC=C)c3ccc(OCC)cc3)[C@H]3CCC12O3)c1ccc(N(CC)CC)cc1. The fourth-order valence-electron chi connectivity index (χ4n) is 8.08. The number of hydrogen-bond donors (Lipinski definition) is 1. The standard InChI is InChI=1S/C39H52N4O6/c1-6-24-41(30-18-20-31(21-19-30)48-10-5)36(45)33-32-22-23-39(49-32)34(33)37(46)43(26-12-11-13-27-44)35(39)38(47)42(25-7-2)29-16-14-28(15-17-29)40(8-3)9-4/h6-7,14-21,32-35,44H,1-2,8-13,22-27H2,3-5H3/t32-,33+,34+,35?,39?/m1/s1. The van der Waals surface area contributed by atoms with E-state index in [1.54, 1.807) is 26.9 Å². The molecule has 10 nitrogen and oxygen atoms in total. The molecule has 3 heterocycles. The van der Waals surface area contributed by atoms with Crippen molar-refractivity contribution in [2.24, 2.45) is 11.8 Å². The number of aliphatic hydroxyl groups is 1. The van der Waals surface area contributed by atoms with Crippen LogP contribution in [0.4, 0.5) is 17.1 Å². The number of amides is 3. The summed E-state index contributed by atoms with van der Waals surface area (Å²) in [5.41, 5.74) is 1.32. The number of carbonyl (C=O) groups excluding carboxylic acids is 3. The molecule has 10 heteroatoms. The largest absolute Gasteiger partial charge is 0.494 e. The molecular weight excluding hydrogens is 620 g/mol. The lowest BCUT2D eigenvalue weighted by Gasteiger charge is -2.37. The highest BCUT2D eigenvalue weighted by Gasteiger charge is 2.75. The Kier molecular flexibility index (Phi) is 11.8. The maximum Gasteiger partial charge on any atom is 0.253 e. The van der Waals surface area contributed by atoms with Crippen LogP contribution in [0, 0.1) is 11.8 Å². The number of unbranched alkanes of at least 4 members (excludes halogenated alkanes) is 2. The molecule has 2 bridgehead atoms. The molecule has 49 heavy (non-hydrogen) atoms. The predicted octanol–water partition coefficient (Wildman–Crippen LogP) is 5.21. The van der Waals surface area contributed by atoms with Crippen molar-refractivity contribution in [3.05, 3.63) is 73.8 Å². The molecule has 3 aliphatic rings. The van der Waals surface area contributed by atoms with Crippen molar-refractivity contribution in [3.63, 3.8) is 0 Å². The zero-order chi connectivity index (χ0) is 35.1. The molecule has 3 saturated heterocycles. The van der Waals surface area contributed by atoms with Crippen LogP contribution in [-0.4, -0.2) is 91.4 Å². The van der Waals surface area contributed by atoms with Crippen LogP contribution in [0.2, 0.25) is 0 Å². The average Bonchev–Trinajstić information content (AvgIpc) is 3.76. The molecule has 3 fully saturated rings. The Hall–Kier alpha value is -4.15. The zero-order valence-electron chi connectivity index (χ0n) is 29.3. The first-order chi connectivity index (χ1) is 23.8. The Morgan fingerprint density at radius 1 is 0.918 bits per heavy atom. The lowest BCUT2D eigenvalue weighted by molar-refractivity contribution is -0.140. The summed E-state index contributed by atoms with van der Waals surface area (Å²) in [6.45, 7) is 17.1. The van der Waals surface area contributed by atoms with Crippen molar-refractivity contribution in [3.8, 4) is 5.75 Å². The molecule has 3 amide bonds. The summed E-state index contributed by atoms with van der Waals surface area (Å²) in [6.07, 6.45) is 5.90. The Labute approximate surface area is 290 Å². The number of carbonyl (C=O) groups is 3. The second-order valence-corrected chi connectivity index (χ2v) is 13.0. The van der Waals surface area contributed by atoms with E-state index in [9.17, 15) is 19.5 Å². The molecule has 3 aliphatic heterocycles. The third-order valence-electron chi connectivity index (χ3n) is 10.3. The normalized spacial score (nSPS) is 23.7. The molecule has 0 saturated carbocycles. The first-order valence-electron chi connectivity index (χ1n) is 17.8. The summed E-state index contributed by atoms with van der Waals surface area (Å²) in [6, 6.07) is 14.3. The van der Waals surface area contributed by atoms with Crippen molar-refractivity contribution < 1.29 is 29.0 Å². The van der Waals surface area contributed by atoms with Gasteiger partial charge in [-0.3, -0.25) is 14.4 Å². The molecule has 2 unspecified atom stereocenters. The van der Waals surface area contributed by atoms with Crippen LogP contribution in [-0.2, 0) is 19.1 Å². The van der Waals surface area contributed by atoms with Crippen molar-refractivity contribution >= 4 is 34.8 Å². The van der Waals surface area contributed by atoms with Gasteiger partial charge in [0.15, 0.2) is 0 Å². The molecule has 2 aromatic carbocycles. The lowest BCUT2D eigenvalue weighted by atomic mass is 9.70. The van der Waals surface area contributed by atoms with Gasteiger partial charge < -0.3 is 34.2 Å². The van der Waals surface area contributed by atoms with Crippen molar-refractivity contribution in [1.82, 2.24) is 4.90 Å². The number of rotatable bonds is 18. The summed E-state index contributed by atoms with van der Waals surface area (Å²) in [5, 5.41) is 9.41. The number of likely N-dealkylation sites (tertiary alicyclic amines) is 1. The molecule has 0 aliphatic carbocycles. The number of aliphatic hydroxyl groups excluding tert-OH is 1. The van der Waals surface area contributed by atoms with Gasteiger partial charge in [0.1, 0.15) is 17.4 Å². The Bertz CT molecular complexity index is 1480. The highest BCUT2D eigenvalue weighted by Crippen LogP contribution is 2.59. The molecular formula is C39H52N4O6. The van der Waals surface area contributed by atoms with E-state index >= 15 is 0 Å². The summed E-state index contributed by atoms with van der Waals surface area (Å²) < 4.78 is 12.4. The summed E-state index contributed by atoms with van der Waals surface area (Å²) in [7, 11) is 0. The van der Waals surface area contributed by atoms with Crippen molar-refractivity contribution in [2.45, 2.75) is 70.6 Å². The molecule has 0 radical (unpaired) electrons. The van der Waals surface area contributed by atoms with Gasteiger partial charge in [0, 0.05) is 56.4 Å². The van der Waals surface area contributed by atoms with Crippen LogP contribution in [0.25, 0.3) is 0 Å². The van der Waals surface area contributed by atoms with E-state index in [0.717, 1.165) is 18.8 Å². The minimum absolute atomic E-state index is 0.0610. The molecule has 264 valence electrons. The average molecular weight is 673 g/mol. The van der Waals surface area contributed by atoms with Gasteiger partial charge in [0.05, 0.1) is 24.5 Å². The molecule has 5 rings (SSSR count). The second-order valence-electron chi connectivity index (χ2n) is 13.0. The first kappa shape index (κ1) is 36.1.